The summed E-state index contributed by atoms with van der Waals surface area (Å²) in [5, 5.41) is 2.91. The Morgan fingerprint density at radius 2 is 1.78 bits per heavy atom. The molecule has 0 spiro atoms. The SMILES string of the molecule is CCCN(CCC)C(=O)CCCC(=O)Nc1cccc(COc2ccc3c(c2)OCO3)c1. The van der Waals surface area contributed by atoms with Gasteiger partial charge in [-0.2, -0.15) is 0 Å². The predicted octanol–water partition coefficient (Wildman–Crippen LogP) is 4.75. The van der Waals surface area contributed by atoms with Crippen LogP contribution in [0.25, 0.3) is 0 Å². The Balaban J connectivity index is 1.43. The van der Waals surface area contributed by atoms with Crippen molar-refractivity contribution in [2.24, 2.45) is 0 Å². The zero-order valence-electron chi connectivity index (χ0n) is 18.9. The predicted molar refractivity (Wildman–Crippen MR) is 123 cm³/mol. The second-order valence-corrected chi connectivity index (χ2v) is 7.79. The topological polar surface area (TPSA) is 77.1 Å². The molecular weight excluding hydrogens is 408 g/mol. The number of anilines is 1. The van der Waals surface area contributed by atoms with E-state index in [1.165, 1.54) is 0 Å². The molecule has 0 radical (unpaired) electrons. The molecule has 0 saturated heterocycles. The average molecular weight is 441 g/mol. The van der Waals surface area contributed by atoms with Gasteiger partial charge in [-0.25, -0.2) is 0 Å². The highest BCUT2D eigenvalue weighted by molar-refractivity contribution is 5.91. The molecular formula is C25H32N2O5. The molecule has 3 rings (SSSR count). The third-order valence-electron chi connectivity index (χ3n) is 5.09. The van der Waals surface area contributed by atoms with Crippen LogP contribution in [-0.2, 0) is 16.2 Å². The van der Waals surface area contributed by atoms with Gasteiger partial charge in [0.15, 0.2) is 11.5 Å². The fraction of sp³-hybridized carbons (Fsp3) is 0.440. The van der Waals surface area contributed by atoms with E-state index in [4.69, 9.17) is 14.2 Å². The Hall–Kier alpha value is -3.22. The van der Waals surface area contributed by atoms with E-state index in [0.717, 1.165) is 31.5 Å². The van der Waals surface area contributed by atoms with Crippen molar-refractivity contribution in [1.82, 2.24) is 4.90 Å². The number of ether oxygens (including phenoxy) is 3. The number of nitrogens with one attached hydrogen (secondary N) is 1. The van der Waals surface area contributed by atoms with Crippen molar-refractivity contribution in [3.63, 3.8) is 0 Å². The summed E-state index contributed by atoms with van der Waals surface area (Å²) in [5.41, 5.74) is 1.65. The zero-order valence-corrected chi connectivity index (χ0v) is 18.9. The molecule has 0 atom stereocenters. The summed E-state index contributed by atoms with van der Waals surface area (Å²) in [5.74, 6) is 2.11. The number of carbonyl (C=O) groups is 2. The molecule has 32 heavy (non-hydrogen) atoms. The molecule has 0 bridgehead atoms. The quantitative estimate of drug-likeness (QED) is 0.515. The summed E-state index contributed by atoms with van der Waals surface area (Å²) < 4.78 is 16.5. The van der Waals surface area contributed by atoms with Crippen LogP contribution in [0.1, 0.15) is 51.5 Å². The first-order valence-corrected chi connectivity index (χ1v) is 11.3. The minimum Gasteiger partial charge on any atom is -0.489 e. The van der Waals surface area contributed by atoms with Crippen LogP contribution in [0.3, 0.4) is 0 Å². The molecule has 0 fully saturated rings. The Kier molecular flexibility index (Phi) is 8.78. The van der Waals surface area contributed by atoms with Crippen LogP contribution < -0.4 is 19.5 Å². The van der Waals surface area contributed by atoms with Gasteiger partial charge in [-0.05, 0) is 49.1 Å². The van der Waals surface area contributed by atoms with E-state index in [9.17, 15) is 9.59 Å². The normalized spacial score (nSPS) is 11.8. The second-order valence-electron chi connectivity index (χ2n) is 7.79. The van der Waals surface area contributed by atoms with Gasteiger partial charge in [0.1, 0.15) is 12.4 Å². The van der Waals surface area contributed by atoms with Gasteiger partial charge < -0.3 is 24.4 Å². The fourth-order valence-corrected chi connectivity index (χ4v) is 3.55. The van der Waals surface area contributed by atoms with Gasteiger partial charge in [0.25, 0.3) is 0 Å². The first-order chi connectivity index (χ1) is 15.6. The molecule has 1 aliphatic heterocycles. The second kappa shape index (κ2) is 12.0. The van der Waals surface area contributed by atoms with Gasteiger partial charge >= 0.3 is 0 Å². The first-order valence-electron chi connectivity index (χ1n) is 11.3. The number of hydrogen-bond donors (Lipinski definition) is 1. The van der Waals surface area contributed by atoms with E-state index in [-0.39, 0.29) is 18.6 Å². The molecule has 2 aromatic rings. The largest absolute Gasteiger partial charge is 0.489 e. The smallest absolute Gasteiger partial charge is 0.231 e. The fourth-order valence-electron chi connectivity index (χ4n) is 3.55. The van der Waals surface area contributed by atoms with Crippen LogP contribution in [0.5, 0.6) is 17.2 Å². The Morgan fingerprint density at radius 3 is 2.56 bits per heavy atom. The maximum absolute atomic E-state index is 12.3. The lowest BCUT2D eigenvalue weighted by molar-refractivity contribution is -0.131. The average Bonchev–Trinajstić information content (AvgIpc) is 3.25. The van der Waals surface area contributed by atoms with Gasteiger partial charge in [0, 0.05) is 37.7 Å². The van der Waals surface area contributed by atoms with E-state index in [1.54, 1.807) is 6.07 Å². The van der Waals surface area contributed by atoms with Gasteiger partial charge in [-0.1, -0.05) is 26.0 Å². The number of carbonyl (C=O) groups excluding carboxylic acids is 2. The Labute approximate surface area is 189 Å². The molecule has 1 N–H and O–H groups in total. The van der Waals surface area contributed by atoms with E-state index in [2.05, 4.69) is 19.2 Å². The molecule has 1 heterocycles. The third-order valence-corrected chi connectivity index (χ3v) is 5.09. The maximum Gasteiger partial charge on any atom is 0.231 e. The van der Waals surface area contributed by atoms with Crippen LogP contribution in [-0.4, -0.2) is 36.6 Å². The molecule has 7 heteroatoms. The zero-order chi connectivity index (χ0) is 22.8. The lowest BCUT2D eigenvalue weighted by atomic mass is 10.2. The van der Waals surface area contributed by atoms with Gasteiger partial charge in [-0.3, -0.25) is 9.59 Å². The van der Waals surface area contributed by atoms with Gasteiger partial charge in [-0.15, -0.1) is 0 Å². The van der Waals surface area contributed by atoms with Crippen LogP contribution in [0, 0.1) is 0 Å². The van der Waals surface area contributed by atoms with Crippen molar-refractivity contribution in [2.75, 3.05) is 25.2 Å². The molecule has 1 aliphatic rings. The highest BCUT2D eigenvalue weighted by Gasteiger charge is 2.14. The molecule has 7 nitrogen and oxygen atoms in total. The van der Waals surface area contributed by atoms with E-state index >= 15 is 0 Å². The van der Waals surface area contributed by atoms with Crippen molar-refractivity contribution in [2.45, 2.75) is 52.6 Å². The highest BCUT2D eigenvalue weighted by Crippen LogP contribution is 2.35. The Morgan fingerprint density at radius 1 is 1.00 bits per heavy atom. The van der Waals surface area contributed by atoms with E-state index < -0.39 is 0 Å². The van der Waals surface area contributed by atoms with Crippen LogP contribution in [0.2, 0.25) is 0 Å². The summed E-state index contributed by atoms with van der Waals surface area (Å²) in [7, 11) is 0. The maximum atomic E-state index is 12.3. The van der Waals surface area contributed by atoms with Gasteiger partial charge in [0.05, 0.1) is 0 Å². The summed E-state index contributed by atoms with van der Waals surface area (Å²) in [6, 6.07) is 13.0. The minimum absolute atomic E-state index is 0.0934. The lowest BCUT2D eigenvalue weighted by Crippen LogP contribution is -2.32. The van der Waals surface area contributed by atoms with Gasteiger partial charge in [0.2, 0.25) is 18.6 Å². The monoisotopic (exact) mass is 440 g/mol. The van der Waals surface area contributed by atoms with Crippen molar-refractivity contribution in [3.8, 4) is 17.2 Å². The first kappa shape index (κ1) is 23.4. The number of benzene rings is 2. The summed E-state index contributed by atoms with van der Waals surface area (Å²) in [4.78, 5) is 26.5. The summed E-state index contributed by atoms with van der Waals surface area (Å²) in [6.07, 6.45) is 3.15. The van der Waals surface area contributed by atoms with Crippen molar-refractivity contribution in [3.05, 3.63) is 48.0 Å². The third kappa shape index (κ3) is 6.90. The molecule has 172 valence electrons. The van der Waals surface area contributed by atoms with Crippen LogP contribution in [0.4, 0.5) is 5.69 Å². The molecule has 0 saturated carbocycles. The van der Waals surface area contributed by atoms with Crippen molar-refractivity contribution >= 4 is 17.5 Å². The number of hydrogen-bond acceptors (Lipinski definition) is 5. The van der Waals surface area contributed by atoms with Crippen LogP contribution in [0.15, 0.2) is 42.5 Å². The number of amides is 2. The Bertz CT molecular complexity index is 909. The van der Waals surface area contributed by atoms with Crippen molar-refractivity contribution < 1.29 is 23.8 Å². The number of fused-ring (bicyclic) bond motifs is 1. The highest BCUT2D eigenvalue weighted by atomic mass is 16.7. The molecule has 2 aromatic carbocycles. The lowest BCUT2D eigenvalue weighted by Gasteiger charge is -2.21. The van der Waals surface area contributed by atoms with E-state index in [0.29, 0.717) is 48.8 Å². The summed E-state index contributed by atoms with van der Waals surface area (Å²) in [6.45, 7) is 6.28. The molecule has 0 aliphatic carbocycles. The molecule has 0 aromatic heterocycles. The molecule has 2 amide bonds. The molecule has 0 unspecified atom stereocenters. The van der Waals surface area contributed by atoms with E-state index in [1.807, 2.05) is 41.3 Å². The standard InChI is InChI=1S/C25H32N2O5/c1-3-13-27(14-4-2)25(29)10-6-9-24(28)26-20-8-5-7-19(15-20)17-30-21-11-12-22-23(16-21)32-18-31-22/h5,7-8,11-12,15-16H,3-4,6,9-10,13-14,17-18H2,1-2H3,(H,26,28). The number of rotatable bonds is 12. The summed E-state index contributed by atoms with van der Waals surface area (Å²) >= 11 is 0. The number of nitrogens with zero attached hydrogens (tertiary/aromatic N) is 1. The van der Waals surface area contributed by atoms with Crippen LogP contribution >= 0.6 is 0 Å². The van der Waals surface area contributed by atoms with Crippen molar-refractivity contribution in [1.29, 1.82) is 0 Å². The minimum atomic E-state index is -0.0934.